The van der Waals surface area contributed by atoms with Crippen LogP contribution in [0.1, 0.15) is 31.7 Å². The first kappa shape index (κ1) is 21.8. The summed E-state index contributed by atoms with van der Waals surface area (Å²) in [6.07, 6.45) is 3.79. The van der Waals surface area contributed by atoms with Gasteiger partial charge in [-0.1, -0.05) is 24.2 Å². The zero-order valence-corrected chi connectivity index (χ0v) is 17.4. The van der Waals surface area contributed by atoms with E-state index in [-0.39, 0.29) is 5.92 Å². The molecular formula is C16H27NO6S2. The summed E-state index contributed by atoms with van der Waals surface area (Å²) in [5.74, 6) is 0.584. The first-order chi connectivity index (χ1) is 11.4. The summed E-state index contributed by atoms with van der Waals surface area (Å²) in [7, 11) is -1.91. The van der Waals surface area contributed by atoms with Crippen molar-refractivity contribution in [1.29, 1.82) is 0 Å². The Morgan fingerprint density at radius 3 is 2.32 bits per heavy atom. The molecule has 9 heteroatoms. The molecule has 1 aromatic carbocycles. The van der Waals surface area contributed by atoms with Crippen molar-refractivity contribution in [3.8, 4) is 5.75 Å². The van der Waals surface area contributed by atoms with Gasteiger partial charge in [0.15, 0.2) is 0 Å². The molecule has 0 bridgehead atoms. The molecule has 1 unspecified atom stereocenters. The van der Waals surface area contributed by atoms with Crippen LogP contribution < -0.4 is 4.74 Å². The highest BCUT2D eigenvalue weighted by atomic mass is 32.3. The molecule has 25 heavy (non-hydrogen) atoms. The van der Waals surface area contributed by atoms with E-state index in [9.17, 15) is 13.2 Å². The Morgan fingerprint density at radius 1 is 1.24 bits per heavy atom. The molecular weight excluding hydrogens is 366 g/mol. The third-order valence-electron chi connectivity index (χ3n) is 3.71. The van der Waals surface area contributed by atoms with E-state index in [1.807, 2.05) is 19.9 Å². The van der Waals surface area contributed by atoms with Gasteiger partial charge in [-0.05, 0) is 48.6 Å². The van der Waals surface area contributed by atoms with Gasteiger partial charge >= 0.3 is 16.5 Å². The van der Waals surface area contributed by atoms with Gasteiger partial charge in [-0.15, -0.1) is 0 Å². The summed E-state index contributed by atoms with van der Waals surface area (Å²) in [5.41, 5.74) is 0.828. The third-order valence-corrected chi connectivity index (χ3v) is 7.54. The van der Waals surface area contributed by atoms with Crippen molar-refractivity contribution in [3.05, 3.63) is 23.8 Å². The van der Waals surface area contributed by atoms with Crippen molar-refractivity contribution in [2.24, 2.45) is 0 Å². The summed E-state index contributed by atoms with van der Waals surface area (Å²) in [6.45, 7) is 4.04. The molecule has 0 fully saturated rings. The van der Waals surface area contributed by atoms with Crippen molar-refractivity contribution < 1.29 is 25.8 Å². The van der Waals surface area contributed by atoms with Crippen LogP contribution in [0.2, 0.25) is 0 Å². The molecule has 0 spiro atoms. The van der Waals surface area contributed by atoms with Gasteiger partial charge in [-0.2, -0.15) is 12.0 Å². The predicted octanol–water partition coefficient (Wildman–Crippen LogP) is 3.51. The van der Waals surface area contributed by atoms with Crippen molar-refractivity contribution in [3.63, 3.8) is 0 Å². The lowest BCUT2D eigenvalue weighted by Crippen LogP contribution is -2.25. The highest BCUT2D eigenvalue weighted by Crippen LogP contribution is 2.53. The largest absolute Gasteiger partial charge is 0.414 e. The third kappa shape index (κ3) is 5.88. The van der Waals surface area contributed by atoms with Crippen LogP contribution in [0.25, 0.3) is 0 Å². The highest BCUT2D eigenvalue weighted by Gasteiger charge is 2.26. The van der Waals surface area contributed by atoms with Crippen LogP contribution in [0.5, 0.6) is 5.75 Å². The zero-order valence-electron chi connectivity index (χ0n) is 15.7. The Balaban J connectivity index is 3.30. The molecule has 0 heterocycles. The van der Waals surface area contributed by atoms with E-state index in [4.69, 9.17) is 8.37 Å². The Morgan fingerprint density at radius 2 is 1.84 bits per heavy atom. The second-order valence-electron chi connectivity index (χ2n) is 6.15. The predicted molar refractivity (Wildman–Crippen MR) is 99.6 cm³/mol. The van der Waals surface area contributed by atoms with Gasteiger partial charge in [-0.25, -0.2) is 4.79 Å². The summed E-state index contributed by atoms with van der Waals surface area (Å²) in [5, 5.41) is 0. The van der Waals surface area contributed by atoms with Gasteiger partial charge in [0.25, 0.3) is 0 Å². The second kappa shape index (κ2) is 8.39. The van der Waals surface area contributed by atoms with Crippen molar-refractivity contribution >= 4 is 26.8 Å². The molecule has 0 aliphatic carbocycles. The maximum Gasteiger partial charge on any atom is 0.414 e. The first-order valence-electron chi connectivity index (χ1n) is 7.71. The van der Waals surface area contributed by atoms with Crippen LogP contribution in [0, 0.1) is 0 Å². The molecule has 0 radical (unpaired) electrons. The lowest BCUT2D eigenvalue weighted by Gasteiger charge is -2.30. The van der Waals surface area contributed by atoms with E-state index < -0.39 is 26.8 Å². The monoisotopic (exact) mass is 393 g/mol. The summed E-state index contributed by atoms with van der Waals surface area (Å²) in [4.78, 5) is 13.9. The number of nitrogens with zero attached hydrogens (tertiary/aromatic N) is 1. The number of rotatable bonds is 7. The zero-order chi connectivity index (χ0) is 19.4. The van der Waals surface area contributed by atoms with E-state index in [1.54, 1.807) is 38.7 Å². The topological polar surface area (TPSA) is 82.1 Å². The van der Waals surface area contributed by atoms with Gasteiger partial charge < -0.3 is 9.64 Å². The molecule has 0 aliphatic rings. The number of benzene rings is 1. The second-order valence-corrected chi connectivity index (χ2v) is 10.8. The number of carbonyl (C=O) groups is 1. The average molecular weight is 394 g/mol. The van der Waals surface area contributed by atoms with E-state index in [0.717, 1.165) is 19.1 Å². The lowest BCUT2D eigenvalue weighted by atomic mass is 9.98. The molecule has 0 saturated carbocycles. The van der Waals surface area contributed by atoms with Gasteiger partial charge in [0, 0.05) is 19.0 Å². The minimum absolute atomic E-state index is 0.124. The fourth-order valence-corrected chi connectivity index (χ4v) is 5.00. The van der Waals surface area contributed by atoms with E-state index >= 15 is 0 Å². The van der Waals surface area contributed by atoms with Gasteiger partial charge in [0.05, 0.1) is 7.11 Å². The molecule has 7 nitrogen and oxygen atoms in total. The van der Waals surface area contributed by atoms with Crippen LogP contribution in [0.3, 0.4) is 0 Å². The van der Waals surface area contributed by atoms with Gasteiger partial charge in [0.2, 0.25) is 0 Å². The van der Waals surface area contributed by atoms with Gasteiger partial charge in [-0.3, -0.25) is 4.18 Å². The molecule has 0 aliphatic heterocycles. The fraction of sp³-hybridized carbons (Fsp3) is 0.562. The molecule has 1 atom stereocenters. The van der Waals surface area contributed by atoms with Crippen LogP contribution in [0.4, 0.5) is 4.79 Å². The number of carbonyl (C=O) groups excluding carboxylic acids is 1. The number of hydrogen-bond donors (Lipinski definition) is 0. The maximum atomic E-state index is 11.9. The maximum absolute atomic E-state index is 11.9. The lowest BCUT2D eigenvalue weighted by molar-refractivity contribution is 0.171. The fourth-order valence-electron chi connectivity index (χ4n) is 1.99. The van der Waals surface area contributed by atoms with Crippen LogP contribution >= 0.6 is 10.3 Å². The quantitative estimate of drug-likeness (QED) is 0.705. The Labute approximate surface area is 152 Å². The molecule has 144 valence electrons. The summed E-state index contributed by atoms with van der Waals surface area (Å²) < 4.78 is 38.3. The highest BCUT2D eigenvalue weighted by molar-refractivity contribution is 8.31. The minimum atomic E-state index is -4.06. The Hall–Kier alpha value is -1.29. The summed E-state index contributed by atoms with van der Waals surface area (Å²) in [6, 6.07) is 5.23. The molecule has 0 N–H and O–H groups in total. The van der Waals surface area contributed by atoms with Crippen LogP contribution in [-0.2, 0) is 18.2 Å². The number of amides is 1. The molecule has 1 rings (SSSR count). The molecule has 0 aromatic heterocycles. The SMILES string of the molecule is CCC(C)c1cc(S(C)(C)OS(=O)(=O)OC)ccc1OC(=O)N(C)C. The van der Waals surface area contributed by atoms with Crippen LogP contribution in [-0.4, -0.2) is 53.1 Å². The molecule has 0 saturated heterocycles. The summed E-state index contributed by atoms with van der Waals surface area (Å²) >= 11 is 0. The Bertz CT molecular complexity index is 715. The first-order valence-corrected chi connectivity index (χ1v) is 11.4. The standard InChI is InChI=1S/C16H27NO6S2/c1-8-12(2)14-11-13(24(6,7)23-25(19,20)21-5)9-10-15(14)22-16(18)17(3)4/h9-12H,8H2,1-7H3. The van der Waals surface area contributed by atoms with Crippen LogP contribution in [0.15, 0.2) is 23.1 Å². The van der Waals surface area contributed by atoms with Crippen molar-refractivity contribution in [2.45, 2.75) is 31.1 Å². The van der Waals surface area contributed by atoms with Crippen molar-refractivity contribution in [1.82, 2.24) is 4.90 Å². The van der Waals surface area contributed by atoms with E-state index in [2.05, 4.69) is 4.18 Å². The number of ether oxygens (including phenoxy) is 1. The van der Waals surface area contributed by atoms with Crippen molar-refractivity contribution in [2.75, 3.05) is 33.7 Å². The van der Waals surface area contributed by atoms with E-state index in [0.29, 0.717) is 10.6 Å². The molecule has 1 aromatic rings. The average Bonchev–Trinajstić information content (AvgIpc) is 2.53. The van der Waals surface area contributed by atoms with Gasteiger partial charge in [0.1, 0.15) is 5.75 Å². The Kier molecular flexibility index (Phi) is 7.30. The minimum Gasteiger partial charge on any atom is -0.410 e. The normalized spacial score (nSPS) is 14.0. The molecule has 1 amide bonds. The number of hydrogen-bond acceptors (Lipinski definition) is 6. The smallest absolute Gasteiger partial charge is 0.410 e. The van der Waals surface area contributed by atoms with E-state index in [1.165, 1.54) is 4.90 Å².